The molecule has 2 rings (SSSR count). The van der Waals surface area contributed by atoms with Crippen molar-refractivity contribution in [3.05, 3.63) is 22.2 Å². The number of rotatable bonds is 6. The summed E-state index contributed by atoms with van der Waals surface area (Å²) in [5.41, 5.74) is 1.09. The van der Waals surface area contributed by atoms with Gasteiger partial charge in [0.2, 0.25) is 0 Å². The van der Waals surface area contributed by atoms with Gasteiger partial charge in [-0.2, -0.15) is 11.8 Å². The average Bonchev–Trinajstić information content (AvgIpc) is 3.05. The lowest BCUT2D eigenvalue weighted by atomic mass is 10.2. The van der Waals surface area contributed by atoms with Crippen molar-refractivity contribution in [1.82, 2.24) is 10.6 Å². The third kappa shape index (κ3) is 6.39. The minimum Gasteiger partial charge on any atom is -0.493 e. The van der Waals surface area contributed by atoms with Crippen molar-refractivity contribution in [3.8, 4) is 11.5 Å². The molecule has 0 aliphatic heterocycles. The van der Waals surface area contributed by atoms with Crippen LogP contribution in [0.4, 0.5) is 0 Å². The Bertz CT molecular complexity index is 589. The van der Waals surface area contributed by atoms with Crippen LogP contribution in [-0.2, 0) is 6.54 Å². The van der Waals surface area contributed by atoms with Gasteiger partial charge in [-0.05, 0) is 59.1 Å². The summed E-state index contributed by atoms with van der Waals surface area (Å²) in [6, 6.07) is 4.51. The second-order valence-corrected chi connectivity index (χ2v) is 7.74. The van der Waals surface area contributed by atoms with E-state index in [0.29, 0.717) is 24.1 Å². The summed E-state index contributed by atoms with van der Waals surface area (Å²) in [7, 11) is 5.08. The summed E-state index contributed by atoms with van der Waals surface area (Å²) < 4.78 is 11.6. The van der Waals surface area contributed by atoms with Crippen LogP contribution in [0.15, 0.2) is 21.6 Å². The third-order valence-electron chi connectivity index (χ3n) is 4.24. The Morgan fingerprint density at radius 1 is 1.32 bits per heavy atom. The van der Waals surface area contributed by atoms with E-state index in [1.807, 2.05) is 23.9 Å². The fourth-order valence-electron chi connectivity index (χ4n) is 2.93. The van der Waals surface area contributed by atoms with Gasteiger partial charge in [-0.3, -0.25) is 4.99 Å². The summed E-state index contributed by atoms with van der Waals surface area (Å²) in [4.78, 5) is 4.34. The Kier molecular flexibility index (Phi) is 10.3. The number of hydrogen-bond acceptors (Lipinski definition) is 4. The molecule has 2 N–H and O–H groups in total. The average molecular weight is 544 g/mol. The summed E-state index contributed by atoms with van der Waals surface area (Å²) in [6.45, 7) is 0.664. The van der Waals surface area contributed by atoms with Crippen LogP contribution in [0.1, 0.15) is 24.8 Å². The first-order valence-electron chi connectivity index (χ1n) is 8.01. The zero-order chi connectivity index (χ0) is 17.5. The molecule has 1 aliphatic rings. The van der Waals surface area contributed by atoms with Gasteiger partial charge in [0, 0.05) is 24.9 Å². The lowest BCUT2D eigenvalue weighted by Crippen LogP contribution is -2.42. The molecule has 0 saturated heterocycles. The topological polar surface area (TPSA) is 54.9 Å². The highest BCUT2D eigenvalue weighted by Gasteiger charge is 2.24. The molecule has 8 heteroatoms. The first kappa shape index (κ1) is 22.7. The van der Waals surface area contributed by atoms with E-state index in [0.717, 1.165) is 21.2 Å². The van der Waals surface area contributed by atoms with Gasteiger partial charge in [-0.25, -0.2) is 0 Å². The van der Waals surface area contributed by atoms with E-state index < -0.39 is 0 Å². The van der Waals surface area contributed by atoms with Crippen LogP contribution >= 0.6 is 51.7 Å². The lowest BCUT2D eigenvalue weighted by Gasteiger charge is -2.18. The highest BCUT2D eigenvalue weighted by atomic mass is 127. The van der Waals surface area contributed by atoms with Gasteiger partial charge in [-0.15, -0.1) is 24.0 Å². The highest BCUT2D eigenvalue weighted by Crippen LogP contribution is 2.36. The van der Waals surface area contributed by atoms with Crippen molar-refractivity contribution in [2.24, 2.45) is 4.99 Å². The maximum Gasteiger partial charge on any atom is 0.191 e. The number of halogens is 2. The zero-order valence-electron chi connectivity index (χ0n) is 15.1. The number of hydrogen-bond donors (Lipinski definition) is 2. The van der Waals surface area contributed by atoms with Gasteiger partial charge in [0.15, 0.2) is 17.5 Å². The molecule has 25 heavy (non-hydrogen) atoms. The molecule has 1 aromatic rings. The Hall–Kier alpha value is -0.350. The molecule has 2 unspecified atom stereocenters. The summed E-state index contributed by atoms with van der Waals surface area (Å²) in [5, 5.41) is 7.67. The summed E-state index contributed by atoms with van der Waals surface area (Å²) in [6.07, 6.45) is 5.87. The second-order valence-electron chi connectivity index (χ2n) is 5.75. The van der Waals surface area contributed by atoms with Crippen molar-refractivity contribution in [2.75, 3.05) is 27.5 Å². The predicted molar refractivity (Wildman–Crippen MR) is 121 cm³/mol. The molecular weight excluding hydrogens is 517 g/mol. The number of nitrogens with zero attached hydrogens (tertiary/aromatic N) is 1. The highest BCUT2D eigenvalue weighted by molar-refractivity contribution is 14.0. The van der Waals surface area contributed by atoms with E-state index in [4.69, 9.17) is 9.47 Å². The number of guanidine groups is 1. The first-order chi connectivity index (χ1) is 11.6. The molecule has 0 bridgehead atoms. The minimum atomic E-state index is 0. The van der Waals surface area contributed by atoms with Crippen molar-refractivity contribution in [3.63, 3.8) is 0 Å². The molecule has 2 atom stereocenters. The van der Waals surface area contributed by atoms with E-state index in [9.17, 15) is 0 Å². The smallest absolute Gasteiger partial charge is 0.191 e. The van der Waals surface area contributed by atoms with E-state index in [1.165, 1.54) is 19.3 Å². The minimum absolute atomic E-state index is 0. The SMILES string of the molecule is CN=C(NCc1cc(Br)c(OC)c(OC)c1)NC1CCC(SC)C1.I. The quantitative estimate of drug-likeness (QED) is 0.322. The monoisotopic (exact) mass is 543 g/mol. The molecule has 1 saturated carbocycles. The van der Waals surface area contributed by atoms with Crippen molar-refractivity contribution < 1.29 is 9.47 Å². The molecule has 0 heterocycles. The van der Waals surface area contributed by atoms with Crippen LogP contribution in [-0.4, -0.2) is 44.8 Å². The van der Waals surface area contributed by atoms with Crippen molar-refractivity contribution >= 4 is 57.6 Å². The van der Waals surface area contributed by atoms with E-state index >= 15 is 0 Å². The molecule has 0 spiro atoms. The predicted octanol–water partition coefficient (Wildman–Crippen LogP) is 4.03. The van der Waals surface area contributed by atoms with Crippen LogP contribution in [0.25, 0.3) is 0 Å². The molecule has 0 radical (unpaired) electrons. The first-order valence-corrected chi connectivity index (χ1v) is 10.1. The van der Waals surface area contributed by atoms with Gasteiger partial charge in [0.05, 0.1) is 18.7 Å². The van der Waals surface area contributed by atoms with Crippen molar-refractivity contribution in [1.29, 1.82) is 0 Å². The number of nitrogens with one attached hydrogen (secondary N) is 2. The number of benzene rings is 1. The number of ether oxygens (including phenoxy) is 2. The maximum atomic E-state index is 5.39. The fraction of sp³-hybridized carbons (Fsp3) is 0.588. The number of methoxy groups -OCH3 is 2. The van der Waals surface area contributed by atoms with E-state index in [1.54, 1.807) is 21.3 Å². The zero-order valence-corrected chi connectivity index (χ0v) is 19.8. The van der Waals surface area contributed by atoms with Gasteiger partial charge in [0.25, 0.3) is 0 Å². The van der Waals surface area contributed by atoms with E-state index in [2.05, 4.69) is 37.8 Å². The Balaban J connectivity index is 0.00000312. The van der Waals surface area contributed by atoms with Crippen LogP contribution in [0, 0.1) is 0 Å². The summed E-state index contributed by atoms with van der Waals surface area (Å²) >= 11 is 5.49. The van der Waals surface area contributed by atoms with E-state index in [-0.39, 0.29) is 24.0 Å². The third-order valence-corrected chi connectivity index (χ3v) is 5.92. The molecular formula is C17H27BrIN3O2S. The Labute approximate surface area is 180 Å². The second kappa shape index (κ2) is 11.4. The molecule has 1 aliphatic carbocycles. The maximum absolute atomic E-state index is 5.39. The molecule has 0 aromatic heterocycles. The van der Waals surface area contributed by atoms with Gasteiger partial charge >= 0.3 is 0 Å². The number of thioether (sulfide) groups is 1. The normalized spacial score (nSPS) is 20.0. The molecule has 0 amide bonds. The van der Waals surface area contributed by atoms with Crippen LogP contribution in [0.2, 0.25) is 0 Å². The Morgan fingerprint density at radius 3 is 2.64 bits per heavy atom. The lowest BCUT2D eigenvalue weighted by molar-refractivity contribution is 0.352. The largest absolute Gasteiger partial charge is 0.493 e. The standard InChI is InChI=1S/C17H26BrN3O2S.HI/c1-19-17(21-12-5-6-13(9-12)24-4)20-10-11-7-14(18)16(23-3)15(8-11)22-2;/h7-8,12-13H,5-6,9-10H2,1-4H3,(H2,19,20,21);1H. The van der Waals surface area contributed by atoms with Gasteiger partial charge in [-0.1, -0.05) is 0 Å². The molecule has 1 fully saturated rings. The van der Waals surface area contributed by atoms with Crippen LogP contribution < -0.4 is 20.1 Å². The molecule has 5 nitrogen and oxygen atoms in total. The fourth-order valence-corrected chi connectivity index (χ4v) is 4.38. The molecule has 142 valence electrons. The number of aliphatic imine (C=N–C) groups is 1. The van der Waals surface area contributed by atoms with Gasteiger partial charge < -0.3 is 20.1 Å². The van der Waals surface area contributed by atoms with Crippen LogP contribution in [0.3, 0.4) is 0 Å². The summed E-state index contributed by atoms with van der Waals surface area (Å²) in [5.74, 6) is 2.26. The van der Waals surface area contributed by atoms with Gasteiger partial charge in [0.1, 0.15) is 0 Å². The Morgan fingerprint density at radius 2 is 2.08 bits per heavy atom. The molecule has 1 aromatic carbocycles. The van der Waals surface area contributed by atoms with Crippen molar-refractivity contribution in [2.45, 2.75) is 37.1 Å². The van der Waals surface area contributed by atoms with Crippen LogP contribution in [0.5, 0.6) is 11.5 Å².